The zero-order valence-corrected chi connectivity index (χ0v) is 23.4. The number of nitrogens with zero attached hydrogens (tertiary/aromatic N) is 5. The largest absolute Gasteiger partial charge is 0.444 e. The first kappa shape index (κ1) is 27.4. The molecule has 204 valence electrons. The van der Waals surface area contributed by atoms with Crippen LogP contribution < -0.4 is 4.90 Å². The van der Waals surface area contributed by atoms with E-state index in [1.807, 2.05) is 65.1 Å². The number of carbonyl (C=O) groups excluding carboxylic acids is 2. The molecule has 1 fully saturated rings. The third-order valence-electron chi connectivity index (χ3n) is 6.83. The Morgan fingerprint density at radius 1 is 1.11 bits per heavy atom. The number of halogens is 1. The van der Waals surface area contributed by atoms with Gasteiger partial charge in [0.2, 0.25) is 0 Å². The summed E-state index contributed by atoms with van der Waals surface area (Å²) in [7, 11) is 0. The molecular formula is C29H38FN5O3. The summed E-state index contributed by atoms with van der Waals surface area (Å²) in [5.41, 5.74) is 3.03. The highest BCUT2D eigenvalue weighted by Crippen LogP contribution is 2.34. The number of aromatic nitrogens is 2. The van der Waals surface area contributed by atoms with E-state index in [0.29, 0.717) is 43.9 Å². The molecule has 1 aliphatic rings. The van der Waals surface area contributed by atoms with Crippen LogP contribution in [0, 0.1) is 12.7 Å². The normalized spacial score (nSPS) is 14.3. The van der Waals surface area contributed by atoms with Crippen LogP contribution in [0.5, 0.6) is 0 Å². The molecule has 0 radical (unpaired) electrons. The van der Waals surface area contributed by atoms with Gasteiger partial charge in [0.25, 0.3) is 5.91 Å². The zero-order valence-electron chi connectivity index (χ0n) is 23.4. The van der Waals surface area contributed by atoms with Crippen LogP contribution in [0.15, 0.2) is 36.7 Å². The first-order valence-corrected chi connectivity index (χ1v) is 13.2. The Kier molecular flexibility index (Phi) is 7.67. The highest BCUT2D eigenvalue weighted by molar-refractivity contribution is 6.03. The van der Waals surface area contributed by atoms with Crippen molar-refractivity contribution in [3.05, 3.63) is 53.9 Å². The minimum absolute atomic E-state index is 0.0200. The second-order valence-electron chi connectivity index (χ2n) is 11.0. The van der Waals surface area contributed by atoms with Gasteiger partial charge in [-0.1, -0.05) is 6.07 Å². The molecule has 1 saturated heterocycles. The fraction of sp³-hybridized carbons (Fsp3) is 0.483. The second-order valence-corrected chi connectivity index (χ2v) is 11.0. The molecule has 3 heterocycles. The van der Waals surface area contributed by atoms with E-state index in [2.05, 4.69) is 9.88 Å². The molecule has 0 saturated carbocycles. The van der Waals surface area contributed by atoms with E-state index in [9.17, 15) is 14.0 Å². The van der Waals surface area contributed by atoms with Crippen LogP contribution in [0.1, 0.15) is 57.7 Å². The lowest BCUT2D eigenvalue weighted by atomic mass is 9.97. The van der Waals surface area contributed by atoms with Crippen LogP contribution in [0.3, 0.4) is 0 Å². The van der Waals surface area contributed by atoms with Crippen molar-refractivity contribution in [1.29, 1.82) is 0 Å². The van der Waals surface area contributed by atoms with Crippen molar-refractivity contribution in [2.45, 2.75) is 60.1 Å². The number of piperazine rings is 1. The molecule has 0 N–H and O–H groups in total. The molecule has 0 unspecified atom stereocenters. The fourth-order valence-electron chi connectivity index (χ4n) is 4.90. The van der Waals surface area contributed by atoms with Gasteiger partial charge in [-0.3, -0.25) is 4.79 Å². The van der Waals surface area contributed by atoms with Gasteiger partial charge in [-0.05, 0) is 72.2 Å². The van der Waals surface area contributed by atoms with Gasteiger partial charge >= 0.3 is 6.09 Å². The number of carbonyl (C=O) groups is 2. The molecule has 0 bridgehead atoms. The van der Waals surface area contributed by atoms with Gasteiger partial charge in [0.05, 0.1) is 23.0 Å². The molecule has 2 amide bonds. The summed E-state index contributed by atoms with van der Waals surface area (Å²) in [5.74, 6) is 0.151. The smallest absolute Gasteiger partial charge is 0.410 e. The minimum atomic E-state index is -0.541. The molecule has 3 aromatic rings. The minimum Gasteiger partial charge on any atom is -0.444 e. The van der Waals surface area contributed by atoms with Crippen molar-refractivity contribution in [3.8, 4) is 11.1 Å². The van der Waals surface area contributed by atoms with Gasteiger partial charge in [0.1, 0.15) is 17.2 Å². The van der Waals surface area contributed by atoms with E-state index >= 15 is 0 Å². The predicted molar refractivity (Wildman–Crippen MR) is 147 cm³/mol. The van der Waals surface area contributed by atoms with Gasteiger partial charge in [-0.15, -0.1) is 0 Å². The monoisotopic (exact) mass is 523 g/mol. The number of pyridine rings is 1. The van der Waals surface area contributed by atoms with Gasteiger partial charge in [-0.2, -0.15) is 0 Å². The number of hydrogen-bond acceptors (Lipinski definition) is 5. The lowest BCUT2D eigenvalue weighted by Crippen LogP contribution is -2.50. The van der Waals surface area contributed by atoms with E-state index < -0.39 is 11.4 Å². The molecule has 4 rings (SSSR count). The molecule has 38 heavy (non-hydrogen) atoms. The van der Waals surface area contributed by atoms with E-state index in [1.54, 1.807) is 22.1 Å². The Morgan fingerprint density at radius 2 is 1.79 bits per heavy atom. The predicted octanol–water partition coefficient (Wildman–Crippen LogP) is 5.38. The van der Waals surface area contributed by atoms with E-state index in [4.69, 9.17) is 4.74 Å². The number of anilines is 1. The number of hydrogen-bond donors (Lipinski definition) is 0. The van der Waals surface area contributed by atoms with Crippen LogP contribution in [-0.2, 0) is 4.74 Å². The number of ether oxygens (including phenoxy) is 1. The number of benzene rings is 1. The Morgan fingerprint density at radius 3 is 2.39 bits per heavy atom. The summed E-state index contributed by atoms with van der Waals surface area (Å²) in [6.45, 7) is 16.2. The summed E-state index contributed by atoms with van der Waals surface area (Å²) < 4.78 is 22.0. The van der Waals surface area contributed by atoms with Crippen LogP contribution in [0.2, 0.25) is 0 Å². The first-order valence-electron chi connectivity index (χ1n) is 13.2. The molecule has 2 aromatic heterocycles. The molecule has 1 aromatic carbocycles. The Hall–Kier alpha value is -3.62. The van der Waals surface area contributed by atoms with E-state index in [-0.39, 0.29) is 18.0 Å². The third kappa shape index (κ3) is 5.61. The lowest BCUT2D eigenvalue weighted by molar-refractivity contribution is 0.0240. The highest BCUT2D eigenvalue weighted by Gasteiger charge is 2.28. The second kappa shape index (κ2) is 10.6. The average molecular weight is 524 g/mol. The number of amides is 2. The maximum absolute atomic E-state index is 14.4. The highest BCUT2D eigenvalue weighted by atomic mass is 19.1. The number of aryl methyl sites for hydroxylation is 1. The van der Waals surface area contributed by atoms with E-state index in [0.717, 1.165) is 22.6 Å². The van der Waals surface area contributed by atoms with Gasteiger partial charge in [0, 0.05) is 50.5 Å². The Bertz CT molecular complexity index is 1340. The van der Waals surface area contributed by atoms with Gasteiger partial charge in [0.15, 0.2) is 0 Å². The van der Waals surface area contributed by atoms with Crippen molar-refractivity contribution in [3.63, 3.8) is 0 Å². The SMILES string of the molecule is CCN(C(=O)c1cc(F)ccc1-c1cc(N2CCN(C(=O)OC(C)(C)C)CC2)cn2c(C)ncc12)C(C)C. The van der Waals surface area contributed by atoms with Gasteiger partial charge < -0.3 is 23.8 Å². The van der Waals surface area contributed by atoms with Crippen LogP contribution in [0.4, 0.5) is 14.9 Å². The Balaban J connectivity index is 1.73. The molecule has 0 atom stereocenters. The molecule has 0 aliphatic carbocycles. The number of rotatable bonds is 5. The maximum atomic E-state index is 14.4. The molecule has 8 nitrogen and oxygen atoms in total. The third-order valence-corrected chi connectivity index (χ3v) is 6.83. The summed E-state index contributed by atoms with van der Waals surface area (Å²) in [6.07, 6.45) is 3.51. The van der Waals surface area contributed by atoms with Crippen LogP contribution in [0.25, 0.3) is 16.6 Å². The van der Waals surface area contributed by atoms with Crippen molar-refractivity contribution in [2.75, 3.05) is 37.6 Å². The average Bonchev–Trinajstić information content (AvgIpc) is 3.23. The summed E-state index contributed by atoms with van der Waals surface area (Å²) in [5, 5.41) is 0. The van der Waals surface area contributed by atoms with Crippen molar-refractivity contribution < 1.29 is 18.7 Å². The van der Waals surface area contributed by atoms with E-state index in [1.165, 1.54) is 12.1 Å². The van der Waals surface area contributed by atoms with Crippen molar-refractivity contribution in [2.24, 2.45) is 0 Å². The molecular weight excluding hydrogens is 485 g/mol. The summed E-state index contributed by atoms with van der Waals surface area (Å²) in [6, 6.07) is 6.42. The first-order chi connectivity index (χ1) is 17.9. The zero-order chi connectivity index (χ0) is 27.8. The molecule has 1 aliphatic heterocycles. The molecule has 9 heteroatoms. The van der Waals surface area contributed by atoms with Crippen LogP contribution >= 0.6 is 0 Å². The molecule has 0 spiro atoms. The summed E-state index contributed by atoms with van der Waals surface area (Å²) >= 11 is 0. The topological polar surface area (TPSA) is 70.4 Å². The van der Waals surface area contributed by atoms with Crippen molar-refractivity contribution >= 4 is 23.2 Å². The Labute approximate surface area is 224 Å². The lowest BCUT2D eigenvalue weighted by Gasteiger charge is -2.37. The maximum Gasteiger partial charge on any atom is 0.410 e. The number of imidazole rings is 1. The quantitative estimate of drug-likeness (QED) is 0.449. The summed E-state index contributed by atoms with van der Waals surface area (Å²) in [4.78, 5) is 36.3. The fourth-order valence-corrected chi connectivity index (χ4v) is 4.90. The van der Waals surface area contributed by atoms with Crippen molar-refractivity contribution in [1.82, 2.24) is 19.2 Å². The standard InChI is InChI=1S/C29H38FN5O3/c1-8-34(19(2)3)27(36)25-15-21(30)9-10-23(25)24-16-22(18-35-20(4)31-17-26(24)35)32-11-13-33(14-12-32)28(37)38-29(5,6)7/h9-10,15-19H,8,11-14H2,1-7H3. The van der Waals surface area contributed by atoms with Crippen LogP contribution in [-0.4, -0.2) is 75.6 Å². The van der Waals surface area contributed by atoms with Gasteiger partial charge in [-0.25, -0.2) is 14.2 Å². The number of fused-ring (bicyclic) bond motifs is 1.